The molecule has 0 aliphatic heterocycles. The molecule has 0 aliphatic carbocycles. The number of hydrogen-bond acceptors (Lipinski definition) is 5. The molecule has 0 spiro atoms. The molecule has 1 aromatic carbocycles. The third-order valence-corrected chi connectivity index (χ3v) is 4.09. The standard InChI is InChI=1S/C13H14N4O2S/c1-8-5-10(17(2)16-8)7-20(18)13-15-11-6-9(14)3-4-12(11)19-13/h3-6H,7,14H2,1-2H3. The number of rotatable bonds is 3. The molecule has 2 N–H and O–H groups in total. The fourth-order valence-corrected chi connectivity index (χ4v) is 3.06. The highest BCUT2D eigenvalue weighted by molar-refractivity contribution is 7.84. The SMILES string of the molecule is Cc1cc(CS(=O)c2nc3cc(N)ccc3o2)n(C)n1. The van der Waals surface area contributed by atoms with E-state index in [-0.39, 0.29) is 5.22 Å². The topological polar surface area (TPSA) is 86.9 Å². The van der Waals surface area contributed by atoms with E-state index in [0.29, 0.717) is 22.5 Å². The summed E-state index contributed by atoms with van der Waals surface area (Å²) in [5, 5.41) is 4.44. The first kappa shape index (κ1) is 12.9. The van der Waals surface area contributed by atoms with Crippen molar-refractivity contribution < 1.29 is 8.63 Å². The maximum absolute atomic E-state index is 12.3. The van der Waals surface area contributed by atoms with Gasteiger partial charge in [-0.1, -0.05) is 0 Å². The summed E-state index contributed by atoms with van der Waals surface area (Å²) in [6, 6.07) is 7.06. The molecular formula is C13H14N4O2S. The summed E-state index contributed by atoms with van der Waals surface area (Å²) in [5.74, 6) is 0.319. The van der Waals surface area contributed by atoms with Gasteiger partial charge in [-0.3, -0.25) is 4.68 Å². The number of nitrogen functional groups attached to an aromatic ring is 1. The Kier molecular flexibility index (Phi) is 3.06. The third kappa shape index (κ3) is 2.32. The van der Waals surface area contributed by atoms with Gasteiger partial charge in [0.1, 0.15) is 16.3 Å². The largest absolute Gasteiger partial charge is 0.430 e. The lowest BCUT2D eigenvalue weighted by molar-refractivity contribution is 0.477. The summed E-state index contributed by atoms with van der Waals surface area (Å²) in [7, 11) is 0.476. The lowest BCUT2D eigenvalue weighted by Gasteiger charge is -1.98. The average Bonchev–Trinajstić information content (AvgIpc) is 2.92. The molecule has 0 saturated carbocycles. The number of hydrogen-bond donors (Lipinski definition) is 1. The van der Waals surface area contributed by atoms with E-state index >= 15 is 0 Å². The predicted molar refractivity (Wildman–Crippen MR) is 76.5 cm³/mol. The van der Waals surface area contributed by atoms with Crippen molar-refractivity contribution in [3.8, 4) is 0 Å². The zero-order valence-electron chi connectivity index (χ0n) is 11.2. The van der Waals surface area contributed by atoms with E-state index in [0.717, 1.165) is 11.4 Å². The van der Waals surface area contributed by atoms with Gasteiger partial charge in [-0.05, 0) is 31.2 Å². The van der Waals surface area contributed by atoms with Crippen molar-refractivity contribution in [3.63, 3.8) is 0 Å². The summed E-state index contributed by atoms with van der Waals surface area (Å²) >= 11 is 0. The minimum Gasteiger partial charge on any atom is -0.430 e. The van der Waals surface area contributed by atoms with Gasteiger partial charge in [0.2, 0.25) is 0 Å². The van der Waals surface area contributed by atoms with Crippen LogP contribution in [0.3, 0.4) is 0 Å². The molecule has 0 radical (unpaired) electrons. The Morgan fingerprint density at radius 3 is 2.90 bits per heavy atom. The first-order chi connectivity index (χ1) is 9.52. The second kappa shape index (κ2) is 4.75. The van der Waals surface area contributed by atoms with Gasteiger partial charge in [-0.2, -0.15) is 5.10 Å². The van der Waals surface area contributed by atoms with Crippen LogP contribution >= 0.6 is 0 Å². The van der Waals surface area contributed by atoms with Crippen LogP contribution in [0, 0.1) is 6.92 Å². The number of oxazole rings is 1. The van der Waals surface area contributed by atoms with Crippen molar-refractivity contribution in [1.82, 2.24) is 14.8 Å². The Balaban J connectivity index is 1.90. The van der Waals surface area contributed by atoms with Crippen LogP contribution < -0.4 is 5.73 Å². The van der Waals surface area contributed by atoms with E-state index < -0.39 is 10.8 Å². The van der Waals surface area contributed by atoms with Crippen molar-refractivity contribution in [2.75, 3.05) is 5.73 Å². The highest BCUT2D eigenvalue weighted by atomic mass is 32.2. The number of nitrogens with zero attached hydrogens (tertiary/aromatic N) is 3. The first-order valence-corrected chi connectivity index (χ1v) is 7.39. The molecule has 3 aromatic rings. The molecule has 3 rings (SSSR count). The minimum absolute atomic E-state index is 0.212. The molecule has 0 fully saturated rings. The molecule has 7 heteroatoms. The summed E-state index contributed by atoms with van der Waals surface area (Å²) in [4.78, 5) is 4.23. The fourth-order valence-electron chi connectivity index (χ4n) is 2.02. The van der Waals surface area contributed by atoms with Crippen molar-refractivity contribution in [2.45, 2.75) is 17.9 Å². The maximum atomic E-state index is 12.3. The van der Waals surface area contributed by atoms with Crippen molar-refractivity contribution in [1.29, 1.82) is 0 Å². The van der Waals surface area contributed by atoms with Crippen molar-refractivity contribution in [3.05, 3.63) is 35.7 Å². The Morgan fingerprint density at radius 1 is 1.40 bits per heavy atom. The van der Waals surface area contributed by atoms with Gasteiger partial charge < -0.3 is 10.2 Å². The van der Waals surface area contributed by atoms with Crippen LogP contribution in [0.5, 0.6) is 0 Å². The van der Waals surface area contributed by atoms with Gasteiger partial charge in [0, 0.05) is 12.7 Å². The van der Waals surface area contributed by atoms with Crippen LogP contribution in [0.25, 0.3) is 11.1 Å². The Labute approximate surface area is 118 Å². The van der Waals surface area contributed by atoms with E-state index in [1.54, 1.807) is 22.9 Å². The highest BCUT2D eigenvalue weighted by Gasteiger charge is 2.15. The molecule has 1 unspecified atom stereocenters. The van der Waals surface area contributed by atoms with Crippen LogP contribution in [-0.2, 0) is 23.6 Å². The van der Waals surface area contributed by atoms with Crippen LogP contribution in [0.2, 0.25) is 0 Å². The van der Waals surface area contributed by atoms with E-state index in [1.807, 2.05) is 20.0 Å². The first-order valence-electron chi connectivity index (χ1n) is 6.07. The third-order valence-electron chi connectivity index (χ3n) is 2.96. The molecule has 2 heterocycles. The average molecular weight is 290 g/mol. The lowest BCUT2D eigenvalue weighted by atomic mass is 10.3. The minimum atomic E-state index is -1.35. The monoisotopic (exact) mass is 290 g/mol. The van der Waals surface area contributed by atoms with E-state index in [2.05, 4.69) is 10.1 Å². The second-order valence-electron chi connectivity index (χ2n) is 4.60. The quantitative estimate of drug-likeness (QED) is 0.743. The molecule has 20 heavy (non-hydrogen) atoms. The van der Waals surface area contributed by atoms with Crippen molar-refractivity contribution in [2.24, 2.45) is 7.05 Å². The van der Waals surface area contributed by atoms with E-state index in [4.69, 9.17) is 10.2 Å². The summed E-state index contributed by atoms with van der Waals surface area (Å²) in [6.07, 6.45) is 0. The molecule has 6 nitrogen and oxygen atoms in total. The van der Waals surface area contributed by atoms with Crippen LogP contribution in [-0.4, -0.2) is 19.0 Å². The number of nitrogens with two attached hydrogens (primary N) is 1. The maximum Gasteiger partial charge on any atom is 0.288 e. The number of fused-ring (bicyclic) bond motifs is 1. The molecule has 0 saturated heterocycles. The van der Waals surface area contributed by atoms with E-state index in [9.17, 15) is 4.21 Å². The number of benzene rings is 1. The number of aromatic nitrogens is 3. The molecule has 0 bridgehead atoms. The van der Waals surface area contributed by atoms with Crippen LogP contribution in [0.4, 0.5) is 5.69 Å². The van der Waals surface area contributed by atoms with Crippen LogP contribution in [0.1, 0.15) is 11.4 Å². The summed E-state index contributed by atoms with van der Waals surface area (Å²) in [6.45, 7) is 1.90. The van der Waals surface area contributed by atoms with Gasteiger partial charge in [0.15, 0.2) is 5.58 Å². The summed E-state index contributed by atoms with van der Waals surface area (Å²) in [5.41, 5.74) is 9.27. The smallest absolute Gasteiger partial charge is 0.288 e. The Hall–Kier alpha value is -2.15. The number of aryl methyl sites for hydroxylation is 2. The van der Waals surface area contributed by atoms with Gasteiger partial charge in [-0.15, -0.1) is 0 Å². The lowest BCUT2D eigenvalue weighted by Crippen LogP contribution is -2.03. The Morgan fingerprint density at radius 2 is 2.20 bits per heavy atom. The highest BCUT2D eigenvalue weighted by Crippen LogP contribution is 2.21. The van der Waals surface area contributed by atoms with Gasteiger partial charge >= 0.3 is 0 Å². The molecule has 104 valence electrons. The molecule has 0 aliphatic rings. The Bertz CT molecular complexity index is 806. The molecule has 0 amide bonds. The zero-order valence-corrected chi connectivity index (χ0v) is 12.0. The van der Waals surface area contributed by atoms with E-state index in [1.165, 1.54) is 0 Å². The van der Waals surface area contributed by atoms with Gasteiger partial charge in [0.05, 0.1) is 17.1 Å². The fraction of sp³-hybridized carbons (Fsp3) is 0.231. The second-order valence-corrected chi connectivity index (χ2v) is 5.93. The zero-order chi connectivity index (χ0) is 14.3. The van der Waals surface area contributed by atoms with Gasteiger partial charge in [-0.25, -0.2) is 9.19 Å². The molecular weight excluding hydrogens is 276 g/mol. The van der Waals surface area contributed by atoms with Crippen molar-refractivity contribution >= 4 is 27.6 Å². The normalized spacial score (nSPS) is 12.9. The molecule has 1 atom stereocenters. The summed E-state index contributed by atoms with van der Waals surface area (Å²) < 4.78 is 19.5. The number of anilines is 1. The predicted octanol–water partition coefficient (Wildman–Crippen LogP) is 1.76. The van der Waals surface area contributed by atoms with Gasteiger partial charge in [0.25, 0.3) is 5.22 Å². The molecule has 2 aromatic heterocycles. The van der Waals surface area contributed by atoms with Crippen LogP contribution in [0.15, 0.2) is 33.9 Å².